The lowest BCUT2D eigenvalue weighted by Crippen LogP contribution is -2.20. The molecule has 0 N–H and O–H groups in total. The molecule has 0 bridgehead atoms. The van der Waals surface area contributed by atoms with E-state index in [9.17, 15) is 13.2 Å². The van der Waals surface area contributed by atoms with Gasteiger partial charge >= 0.3 is 5.97 Å². The Labute approximate surface area is 128 Å². The van der Waals surface area contributed by atoms with E-state index in [1.807, 2.05) is 6.92 Å². The van der Waals surface area contributed by atoms with Crippen LogP contribution in [0.3, 0.4) is 0 Å². The first-order valence-corrected chi connectivity index (χ1v) is 8.81. The summed E-state index contributed by atoms with van der Waals surface area (Å²) in [6.07, 6.45) is 1.59. The molecule has 1 rings (SSSR count). The predicted molar refractivity (Wildman–Crippen MR) is 77.6 cm³/mol. The summed E-state index contributed by atoms with van der Waals surface area (Å²) in [7, 11) is -3.77. The molecule has 0 aliphatic heterocycles. The number of carbonyl (C=O) groups is 1. The van der Waals surface area contributed by atoms with Crippen LogP contribution < -0.4 is 0 Å². The van der Waals surface area contributed by atoms with Crippen LogP contribution in [-0.4, -0.2) is 31.7 Å². The number of esters is 1. The highest BCUT2D eigenvalue weighted by molar-refractivity contribution is 9.13. The van der Waals surface area contributed by atoms with Gasteiger partial charge in [0.2, 0.25) is 9.84 Å². The van der Waals surface area contributed by atoms with E-state index < -0.39 is 21.6 Å². The fourth-order valence-corrected chi connectivity index (χ4v) is 2.88. The Balaban J connectivity index is 2.75. The molecule has 0 unspecified atom stereocenters. The Kier molecular flexibility index (Phi) is 6.41. The van der Waals surface area contributed by atoms with E-state index >= 15 is 0 Å². The first-order valence-electron chi connectivity index (χ1n) is 5.57. The molecule has 1 heterocycles. The number of halogens is 2. The molecule has 19 heavy (non-hydrogen) atoms. The van der Waals surface area contributed by atoms with Crippen molar-refractivity contribution in [3.8, 4) is 0 Å². The average molecular weight is 415 g/mol. The molecule has 8 heteroatoms. The number of unbranched alkanes of at least 4 members (excludes halogenated alkanes) is 1. The summed E-state index contributed by atoms with van der Waals surface area (Å²) < 4.78 is 29.7. The SMILES string of the molecule is CCCCOC(=O)CS(=O)(=O)c1ccc(Br)c(Br)n1. The molecule has 0 fully saturated rings. The summed E-state index contributed by atoms with van der Waals surface area (Å²) in [4.78, 5) is 15.3. The van der Waals surface area contributed by atoms with Crippen molar-refractivity contribution < 1.29 is 17.9 Å². The van der Waals surface area contributed by atoms with Gasteiger partial charge in [0.15, 0.2) is 10.8 Å². The molecule has 0 atom stereocenters. The summed E-state index contributed by atoms with van der Waals surface area (Å²) in [5.74, 6) is -1.45. The van der Waals surface area contributed by atoms with Crippen molar-refractivity contribution in [3.05, 3.63) is 21.2 Å². The van der Waals surface area contributed by atoms with Crippen LogP contribution in [0.4, 0.5) is 0 Å². The minimum absolute atomic E-state index is 0.157. The third kappa shape index (κ3) is 5.19. The van der Waals surface area contributed by atoms with Gasteiger partial charge in [-0.25, -0.2) is 13.4 Å². The third-order valence-corrected chi connectivity index (χ3v) is 5.42. The maximum Gasteiger partial charge on any atom is 0.321 e. The molecule has 0 radical (unpaired) electrons. The Morgan fingerprint density at radius 3 is 2.63 bits per heavy atom. The molecule has 1 aromatic rings. The second kappa shape index (κ2) is 7.35. The normalized spacial score (nSPS) is 11.3. The van der Waals surface area contributed by atoms with Gasteiger partial charge in [0, 0.05) is 0 Å². The van der Waals surface area contributed by atoms with Gasteiger partial charge in [0.05, 0.1) is 11.1 Å². The van der Waals surface area contributed by atoms with Gasteiger partial charge < -0.3 is 4.74 Å². The molecular weight excluding hydrogens is 402 g/mol. The highest BCUT2D eigenvalue weighted by Gasteiger charge is 2.22. The van der Waals surface area contributed by atoms with Crippen molar-refractivity contribution in [3.63, 3.8) is 0 Å². The molecule has 0 saturated carbocycles. The van der Waals surface area contributed by atoms with Gasteiger partial charge in [0.1, 0.15) is 4.60 Å². The maximum atomic E-state index is 11.9. The quantitative estimate of drug-likeness (QED) is 0.406. The fourth-order valence-electron chi connectivity index (χ4n) is 1.17. The fraction of sp³-hybridized carbons (Fsp3) is 0.455. The Hall–Kier alpha value is -0.470. The molecule has 0 aliphatic carbocycles. The van der Waals surface area contributed by atoms with Crippen molar-refractivity contribution in [2.45, 2.75) is 24.8 Å². The number of sulfone groups is 1. The molecule has 0 spiro atoms. The minimum atomic E-state index is -3.77. The summed E-state index contributed by atoms with van der Waals surface area (Å²) in [6, 6.07) is 2.88. The second-order valence-electron chi connectivity index (χ2n) is 3.76. The minimum Gasteiger partial charge on any atom is -0.465 e. The Bertz CT molecular complexity index is 560. The summed E-state index contributed by atoms with van der Waals surface area (Å²) in [6.45, 7) is 2.19. The molecule has 0 aliphatic rings. The first-order chi connectivity index (χ1) is 8.86. The first kappa shape index (κ1) is 16.6. The van der Waals surface area contributed by atoms with E-state index in [2.05, 4.69) is 36.8 Å². The van der Waals surface area contributed by atoms with E-state index in [4.69, 9.17) is 4.74 Å². The monoisotopic (exact) mass is 413 g/mol. The molecule has 1 aromatic heterocycles. The van der Waals surface area contributed by atoms with Crippen LogP contribution in [0.25, 0.3) is 0 Å². The van der Waals surface area contributed by atoms with Crippen molar-refractivity contribution in [2.75, 3.05) is 12.4 Å². The van der Waals surface area contributed by atoms with Crippen molar-refractivity contribution in [1.29, 1.82) is 0 Å². The maximum absolute atomic E-state index is 11.9. The smallest absolute Gasteiger partial charge is 0.321 e. The van der Waals surface area contributed by atoms with E-state index in [1.165, 1.54) is 6.07 Å². The number of ether oxygens (including phenoxy) is 1. The van der Waals surface area contributed by atoms with Crippen LogP contribution in [0.1, 0.15) is 19.8 Å². The van der Waals surface area contributed by atoms with Gasteiger partial charge in [-0.05, 0) is 50.4 Å². The largest absolute Gasteiger partial charge is 0.465 e. The van der Waals surface area contributed by atoms with E-state index in [-0.39, 0.29) is 11.6 Å². The van der Waals surface area contributed by atoms with Crippen LogP contribution in [0.2, 0.25) is 0 Å². The lowest BCUT2D eigenvalue weighted by atomic mass is 10.4. The Morgan fingerprint density at radius 1 is 1.37 bits per heavy atom. The number of pyridine rings is 1. The zero-order valence-corrected chi connectivity index (χ0v) is 14.2. The number of hydrogen-bond donors (Lipinski definition) is 0. The molecule has 0 aromatic carbocycles. The van der Waals surface area contributed by atoms with Crippen LogP contribution in [0, 0.1) is 0 Å². The highest BCUT2D eigenvalue weighted by Crippen LogP contribution is 2.22. The number of aromatic nitrogens is 1. The predicted octanol–water partition coefficient (Wildman–Crippen LogP) is 2.72. The van der Waals surface area contributed by atoms with Gasteiger partial charge in [0.25, 0.3) is 0 Å². The lowest BCUT2D eigenvalue weighted by molar-refractivity contribution is -0.140. The van der Waals surface area contributed by atoms with E-state index in [0.717, 1.165) is 6.42 Å². The Morgan fingerprint density at radius 2 is 2.05 bits per heavy atom. The van der Waals surface area contributed by atoms with Crippen LogP contribution in [0.15, 0.2) is 26.2 Å². The second-order valence-corrected chi connectivity index (χ2v) is 7.30. The van der Waals surface area contributed by atoms with Gasteiger partial charge in [-0.15, -0.1) is 0 Å². The summed E-state index contributed by atoms with van der Waals surface area (Å²) >= 11 is 6.31. The molecular formula is C11H13Br2NO4S. The lowest BCUT2D eigenvalue weighted by Gasteiger charge is -2.06. The van der Waals surface area contributed by atoms with Crippen molar-refractivity contribution >= 4 is 47.7 Å². The number of nitrogens with zero attached hydrogens (tertiary/aromatic N) is 1. The average Bonchev–Trinajstić information content (AvgIpc) is 2.32. The van der Waals surface area contributed by atoms with Crippen molar-refractivity contribution in [1.82, 2.24) is 4.98 Å². The number of carbonyl (C=O) groups excluding carboxylic acids is 1. The van der Waals surface area contributed by atoms with Crippen LogP contribution in [0.5, 0.6) is 0 Å². The summed E-state index contributed by atoms with van der Waals surface area (Å²) in [5.41, 5.74) is 0. The molecule has 5 nitrogen and oxygen atoms in total. The summed E-state index contributed by atoms with van der Waals surface area (Å²) in [5, 5.41) is -0.157. The number of rotatable bonds is 6. The van der Waals surface area contributed by atoms with E-state index in [0.29, 0.717) is 15.5 Å². The third-order valence-electron chi connectivity index (χ3n) is 2.17. The van der Waals surface area contributed by atoms with Gasteiger partial charge in [-0.2, -0.15) is 0 Å². The van der Waals surface area contributed by atoms with Gasteiger partial charge in [-0.1, -0.05) is 13.3 Å². The standard InChI is InChI=1S/C11H13Br2NO4S/c1-2-3-6-18-10(15)7-19(16,17)9-5-4-8(12)11(13)14-9/h4-5H,2-3,6-7H2,1H3. The van der Waals surface area contributed by atoms with Gasteiger partial charge in [-0.3, -0.25) is 4.79 Å². The molecule has 0 amide bonds. The van der Waals surface area contributed by atoms with Crippen LogP contribution >= 0.6 is 31.9 Å². The van der Waals surface area contributed by atoms with E-state index in [1.54, 1.807) is 6.07 Å². The van der Waals surface area contributed by atoms with Crippen molar-refractivity contribution in [2.24, 2.45) is 0 Å². The zero-order valence-electron chi connectivity index (χ0n) is 10.2. The highest BCUT2D eigenvalue weighted by atomic mass is 79.9. The molecule has 0 saturated heterocycles. The zero-order chi connectivity index (χ0) is 14.5. The number of hydrogen-bond acceptors (Lipinski definition) is 5. The van der Waals surface area contributed by atoms with Crippen LogP contribution in [-0.2, 0) is 19.4 Å². The molecule has 106 valence electrons. The topological polar surface area (TPSA) is 73.3 Å².